The predicted molar refractivity (Wildman–Crippen MR) is 118 cm³/mol. The number of rotatable bonds is 4. The molecule has 0 radical (unpaired) electrons. The van der Waals surface area contributed by atoms with Gasteiger partial charge in [-0.1, -0.05) is 27.2 Å². The molecule has 8 atom stereocenters. The van der Waals surface area contributed by atoms with Gasteiger partial charge in [0.15, 0.2) is 5.78 Å². The second-order valence-electron chi connectivity index (χ2n) is 11.5. The Morgan fingerprint density at radius 1 is 1.03 bits per heavy atom. The van der Waals surface area contributed by atoms with Crippen molar-refractivity contribution in [1.82, 2.24) is 5.12 Å². The van der Waals surface area contributed by atoms with Crippen molar-refractivity contribution in [3.8, 4) is 0 Å². The van der Waals surface area contributed by atoms with E-state index in [1.54, 1.807) is 6.92 Å². The summed E-state index contributed by atoms with van der Waals surface area (Å²) in [6, 6.07) is 0. The van der Waals surface area contributed by atoms with Crippen molar-refractivity contribution in [3.05, 3.63) is 0 Å². The fourth-order valence-corrected chi connectivity index (χ4v) is 8.51. The fourth-order valence-electron chi connectivity index (χ4n) is 8.51. The number of ketones is 1. The van der Waals surface area contributed by atoms with Crippen molar-refractivity contribution in [1.29, 1.82) is 0 Å². The first-order valence-electron chi connectivity index (χ1n) is 12.0. The number of amidine groups is 1. The summed E-state index contributed by atoms with van der Waals surface area (Å²) in [5.41, 5.74) is 6.31. The lowest BCUT2D eigenvalue weighted by Gasteiger charge is -2.61. The molecule has 4 fully saturated rings. The molecule has 0 aromatic carbocycles. The lowest BCUT2D eigenvalue weighted by Crippen LogP contribution is -2.54. The molecule has 0 aromatic heterocycles. The molecule has 4 rings (SSSR count). The van der Waals surface area contributed by atoms with Crippen LogP contribution in [0.25, 0.3) is 0 Å². The van der Waals surface area contributed by atoms with Gasteiger partial charge in [0.25, 0.3) is 0 Å². The highest BCUT2D eigenvalue weighted by Gasteiger charge is 2.60. The van der Waals surface area contributed by atoms with Crippen LogP contribution in [-0.2, 0) is 4.79 Å². The maximum Gasteiger partial charge on any atom is 0.159 e. The van der Waals surface area contributed by atoms with E-state index >= 15 is 0 Å². The van der Waals surface area contributed by atoms with Crippen molar-refractivity contribution in [3.63, 3.8) is 0 Å². The number of carbonyl (C=O) groups is 1. The number of hydrogen-bond acceptors (Lipinski definition) is 4. The molecule has 4 N–H and O–H groups in total. The van der Waals surface area contributed by atoms with Gasteiger partial charge in [0.05, 0.1) is 0 Å². The van der Waals surface area contributed by atoms with E-state index in [-0.39, 0.29) is 23.7 Å². The Hall–Kier alpha value is -1.10. The van der Waals surface area contributed by atoms with E-state index < -0.39 is 0 Å². The Morgan fingerprint density at radius 2 is 1.72 bits per heavy atom. The molecule has 4 aliphatic carbocycles. The van der Waals surface area contributed by atoms with Crippen LogP contribution in [-0.4, -0.2) is 23.3 Å². The van der Waals surface area contributed by atoms with Crippen molar-refractivity contribution in [2.45, 2.75) is 85.5 Å². The Labute approximate surface area is 177 Å². The van der Waals surface area contributed by atoms with Crippen LogP contribution >= 0.6 is 0 Å². The SMILES string of the molecule is C/C(N)=N/N(N)CC(=O)[C@H]1CCC2C3CCC4CC(C)CCC4(C)C3CCC21C. The monoisotopic (exact) mass is 402 g/mol. The minimum absolute atomic E-state index is 0.129. The second kappa shape index (κ2) is 7.55. The van der Waals surface area contributed by atoms with E-state index in [0.29, 0.717) is 17.2 Å². The fraction of sp³-hybridized carbons (Fsp3) is 0.917. The van der Waals surface area contributed by atoms with Gasteiger partial charge >= 0.3 is 0 Å². The van der Waals surface area contributed by atoms with Gasteiger partial charge in [0.2, 0.25) is 0 Å². The van der Waals surface area contributed by atoms with Gasteiger partial charge < -0.3 is 5.73 Å². The normalized spacial score (nSPS) is 47.1. The summed E-state index contributed by atoms with van der Waals surface area (Å²) in [6.45, 7) is 9.36. The van der Waals surface area contributed by atoms with Crippen molar-refractivity contribution in [2.24, 2.45) is 63.0 Å². The van der Waals surface area contributed by atoms with Crippen LogP contribution in [0.1, 0.15) is 85.5 Å². The highest BCUT2D eigenvalue weighted by atomic mass is 16.1. The Bertz CT molecular complexity index is 674. The van der Waals surface area contributed by atoms with Gasteiger partial charge in [-0.2, -0.15) is 0 Å². The topological polar surface area (TPSA) is 84.7 Å². The van der Waals surface area contributed by atoms with Crippen LogP contribution in [0.2, 0.25) is 0 Å². The molecule has 164 valence electrons. The number of hydrazone groups is 1. The van der Waals surface area contributed by atoms with Crippen molar-refractivity contribution in [2.75, 3.05) is 6.54 Å². The minimum Gasteiger partial charge on any atom is -0.386 e. The molecule has 4 saturated carbocycles. The van der Waals surface area contributed by atoms with Crippen LogP contribution in [0.5, 0.6) is 0 Å². The van der Waals surface area contributed by atoms with E-state index in [2.05, 4.69) is 25.9 Å². The van der Waals surface area contributed by atoms with E-state index in [4.69, 9.17) is 11.6 Å². The molecular formula is C24H42N4O. The quantitative estimate of drug-likeness (QED) is 0.317. The number of hydrazine groups is 1. The Morgan fingerprint density at radius 3 is 2.45 bits per heavy atom. The molecule has 0 saturated heterocycles. The Kier molecular flexibility index (Phi) is 5.50. The average Bonchev–Trinajstić information content (AvgIpc) is 2.99. The first-order chi connectivity index (χ1) is 13.6. The first kappa shape index (κ1) is 21.1. The van der Waals surface area contributed by atoms with Gasteiger partial charge in [-0.15, -0.1) is 5.10 Å². The van der Waals surface area contributed by atoms with Crippen molar-refractivity contribution < 1.29 is 4.79 Å². The second-order valence-corrected chi connectivity index (χ2v) is 11.5. The highest BCUT2D eigenvalue weighted by molar-refractivity contribution is 5.84. The molecule has 0 aromatic rings. The standard InChI is InChI=1S/C24H42N4O/c1-15-9-11-23(3)17(13-15)5-6-18-19-7-8-21(24(19,4)12-10-20(18)23)22(29)14-28(26)27-16(2)25/h15,17-21H,5-14,26H2,1-4H3,(H2,25,27)/t15?,17?,18?,19?,20?,21-,23?,24?/m1/s1. The largest absolute Gasteiger partial charge is 0.386 e. The maximum absolute atomic E-state index is 13.2. The van der Waals surface area contributed by atoms with Crippen LogP contribution in [0.15, 0.2) is 5.10 Å². The highest BCUT2D eigenvalue weighted by Crippen LogP contribution is 2.67. The number of hydrogen-bond donors (Lipinski definition) is 2. The summed E-state index contributed by atoms with van der Waals surface area (Å²) in [5.74, 6) is 10.9. The average molecular weight is 403 g/mol. The summed E-state index contributed by atoms with van der Waals surface area (Å²) in [6.07, 6.45) is 11.8. The third kappa shape index (κ3) is 3.51. The lowest BCUT2D eigenvalue weighted by molar-refractivity contribution is -0.137. The van der Waals surface area contributed by atoms with Crippen molar-refractivity contribution >= 4 is 11.6 Å². The van der Waals surface area contributed by atoms with Gasteiger partial charge in [-0.05, 0) is 98.7 Å². The maximum atomic E-state index is 13.2. The number of carbonyl (C=O) groups excluding carboxylic acids is 1. The van der Waals surface area contributed by atoms with Gasteiger partial charge in [-0.3, -0.25) is 4.79 Å². The number of fused-ring (bicyclic) bond motifs is 5. The van der Waals surface area contributed by atoms with E-state index in [9.17, 15) is 4.79 Å². The zero-order valence-electron chi connectivity index (χ0n) is 19.0. The Balaban J connectivity index is 1.50. The van der Waals surface area contributed by atoms with E-state index in [1.807, 2.05) is 0 Å². The molecule has 0 spiro atoms. The number of Topliss-reactive ketones (excluding diaryl/α,β-unsaturated/α-hetero) is 1. The summed E-state index contributed by atoms with van der Waals surface area (Å²) in [4.78, 5) is 13.2. The molecule has 0 heterocycles. The predicted octanol–water partition coefficient (Wildman–Crippen LogP) is 4.32. The molecule has 0 bridgehead atoms. The number of nitrogens with zero attached hydrogens (tertiary/aromatic N) is 2. The zero-order chi connectivity index (χ0) is 21.0. The minimum atomic E-state index is 0.129. The van der Waals surface area contributed by atoms with Crippen LogP contribution in [0, 0.1) is 46.3 Å². The molecule has 5 heteroatoms. The van der Waals surface area contributed by atoms with Gasteiger partial charge in [0, 0.05) is 5.92 Å². The third-order valence-corrected chi connectivity index (χ3v) is 9.92. The van der Waals surface area contributed by atoms with Gasteiger partial charge in [-0.25, -0.2) is 11.0 Å². The lowest BCUT2D eigenvalue weighted by atomic mass is 9.44. The summed E-state index contributed by atoms with van der Waals surface area (Å²) < 4.78 is 0. The summed E-state index contributed by atoms with van der Waals surface area (Å²) in [5, 5.41) is 5.26. The molecule has 7 unspecified atom stereocenters. The molecule has 0 aliphatic heterocycles. The smallest absolute Gasteiger partial charge is 0.159 e. The van der Waals surface area contributed by atoms with E-state index in [1.165, 1.54) is 56.5 Å². The van der Waals surface area contributed by atoms with Gasteiger partial charge in [0.1, 0.15) is 12.4 Å². The van der Waals surface area contributed by atoms with E-state index in [0.717, 1.165) is 30.1 Å². The first-order valence-corrected chi connectivity index (χ1v) is 12.0. The molecule has 29 heavy (non-hydrogen) atoms. The molecule has 4 aliphatic rings. The molecular weight excluding hydrogens is 360 g/mol. The van der Waals surface area contributed by atoms with Crippen LogP contribution in [0.4, 0.5) is 0 Å². The molecule has 0 amide bonds. The third-order valence-electron chi connectivity index (χ3n) is 9.92. The molecule has 5 nitrogen and oxygen atoms in total. The summed E-state index contributed by atoms with van der Waals surface area (Å²) >= 11 is 0. The zero-order valence-corrected chi connectivity index (χ0v) is 19.0. The number of nitrogens with two attached hydrogens (primary N) is 2. The van der Waals surface area contributed by atoms with Crippen LogP contribution in [0.3, 0.4) is 0 Å². The summed E-state index contributed by atoms with van der Waals surface area (Å²) in [7, 11) is 0. The van der Waals surface area contributed by atoms with Crippen LogP contribution < -0.4 is 11.6 Å².